The predicted octanol–water partition coefficient (Wildman–Crippen LogP) is 2.23. The molecule has 0 amide bonds. The van der Waals surface area contributed by atoms with Gasteiger partial charge in [-0.3, -0.25) is 4.79 Å². The molecule has 0 unspecified atom stereocenters. The van der Waals surface area contributed by atoms with E-state index in [0.717, 1.165) is 6.42 Å². The number of carbonyl (C=O) groups is 1. The molecule has 2 aromatic rings. The number of ketones is 1. The van der Waals surface area contributed by atoms with Crippen LogP contribution in [0.4, 0.5) is 0 Å². The summed E-state index contributed by atoms with van der Waals surface area (Å²) in [5.41, 5.74) is 1.88. The molecule has 0 atom stereocenters. The second kappa shape index (κ2) is 6.64. The van der Waals surface area contributed by atoms with Crippen molar-refractivity contribution in [2.45, 2.75) is 19.3 Å². The maximum atomic E-state index is 11.9. The summed E-state index contributed by atoms with van der Waals surface area (Å²) < 4.78 is 5.00. The Morgan fingerprint density at radius 2 is 2.00 bits per heavy atom. The van der Waals surface area contributed by atoms with E-state index in [1.807, 2.05) is 30.3 Å². The highest BCUT2D eigenvalue weighted by Crippen LogP contribution is 2.09. The summed E-state index contributed by atoms with van der Waals surface area (Å²) in [6.45, 7) is 0. The summed E-state index contributed by atoms with van der Waals surface area (Å²) in [4.78, 5) is 19.9. The highest BCUT2D eigenvalue weighted by molar-refractivity contribution is 5.80. The molecule has 0 aliphatic heterocycles. The fraction of sp³-hybridized carbons (Fsp3) is 0.267. The highest BCUT2D eigenvalue weighted by Gasteiger charge is 2.06. The zero-order valence-electron chi connectivity index (χ0n) is 10.9. The Bertz CT molecular complexity index is 541. The van der Waals surface area contributed by atoms with Gasteiger partial charge in [-0.25, -0.2) is 9.97 Å². The first-order valence-corrected chi connectivity index (χ1v) is 6.18. The molecule has 98 valence electrons. The molecule has 2 rings (SSSR count). The molecule has 0 aliphatic carbocycles. The molecule has 0 N–H and O–H groups in total. The first-order chi connectivity index (χ1) is 9.28. The average Bonchev–Trinajstić information content (AvgIpc) is 2.46. The fourth-order valence-corrected chi connectivity index (χ4v) is 1.80. The third-order valence-corrected chi connectivity index (χ3v) is 2.82. The number of hydrogen-bond acceptors (Lipinski definition) is 4. The van der Waals surface area contributed by atoms with E-state index in [2.05, 4.69) is 9.97 Å². The first kappa shape index (κ1) is 13.2. The van der Waals surface area contributed by atoms with E-state index >= 15 is 0 Å². The van der Waals surface area contributed by atoms with Gasteiger partial charge in [-0.1, -0.05) is 30.3 Å². The van der Waals surface area contributed by atoms with E-state index in [0.29, 0.717) is 24.4 Å². The van der Waals surface area contributed by atoms with Crippen LogP contribution in [-0.4, -0.2) is 22.9 Å². The second-order valence-corrected chi connectivity index (χ2v) is 4.25. The van der Waals surface area contributed by atoms with Crippen LogP contribution in [0.1, 0.15) is 17.7 Å². The van der Waals surface area contributed by atoms with Gasteiger partial charge >= 0.3 is 0 Å². The number of aryl methyl sites for hydroxylation is 1. The number of methoxy groups -OCH3 is 1. The topological polar surface area (TPSA) is 52.1 Å². The fourth-order valence-electron chi connectivity index (χ4n) is 1.80. The maximum absolute atomic E-state index is 11.9. The predicted molar refractivity (Wildman–Crippen MR) is 72.1 cm³/mol. The van der Waals surface area contributed by atoms with Crippen molar-refractivity contribution in [3.8, 4) is 5.88 Å². The van der Waals surface area contributed by atoms with Gasteiger partial charge in [0.1, 0.15) is 12.1 Å². The lowest BCUT2D eigenvalue weighted by atomic mass is 10.1. The monoisotopic (exact) mass is 256 g/mol. The van der Waals surface area contributed by atoms with Crippen LogP contribution in [0.3, 0.4) is 0 Å². The van der Waals surface area contributed by atoms with Gasteiger partial charge in [0.25, 0.3) is 0 Å². The largest absolute Gasteiger partial charge is 0.481 e. The Morgan fingerprint density at radius 1 is 1.21 bits per heavy atom. The minimum absolute atomic E-state index is 0.171. The van der Waals surface area contributed by atoms with Crippen molar-refractivity contribution < 1.29 is 9.53 Å². The molecule has 19 heavy (non-hydrogen) atoms. The van der Waals surface area contributed by atoms with E-state index < -0.39 is 0 Å². The summed E-state index contributed by atoms with van der Waals surface area (Å²) in [6, 6.07) is 11.7. The number of hydrogen-bond donors (Lipinski definition) is 0. The molecule has 0 aliphatic rings. The van der Waals surface area contributed by atoms with Gasteiger partial charge in [0.15, 0.2) is 0 Å². The zero-order chi connectivity index (χ0) is 13.5. The summed E-state index contributed by atoms with van der Waals surface area (Å²) >= 11 is 0. The molecule has 0 radical (unpaired) electrons. The van der Waals surface area contributed by atoms with Crippen LogP contribution in [-0.2, 0) is 17.6 Å². The molecule has 0 saturated carbocycles. The van der Waals surface area contributed by atoms with Crippen LogP contribution in [0.5, 0.6) is 5.88 Å². The minimum atomic E-state index is 0.171. The number of nitrogens with zero attached hydrogens (tertiary/aromatic N) is 2. The lowest BCUT2D eigenvalue weighted by Crippen LogP contribution is -2.06. The normalized spacial score (nSPS) is 10.2. The van der Waals surface area contributed by atoms with E-state index in [4.69, 9.17) is 4.74 Å². The Balaban J connectivity index is 1.87. The third kappa shape index (κ3) is 4.17. The minimum Gasteiger partial charge on any atom is -0.481 e. The molecule has 4 heteroatoms. The number of carbonyl (C=O) groups excluding carboxylic acids is 1. The summed E-state index contributed by atoms with van der Waals surface area (Å²) in [6.07, 6.45) is 3.03. The van der Waals surface area contributed by atoms with Crippen molar-refractivity contribution in [1.29, 1.82) is 0 Å². The number of benzene rings is 1. The molecule has 1 aromatic carbocycles. The summed E-state index contributed by atoms with van der Waals surface area (Å²) in [5.74, 6) is 0.658. The number of rotatable bonds is 6. The summed E-state index contributed by atoms with van der Waals surface area (Å²) in [7, 11) is 1.54. The van der Waals surface area contributed by atoms with E-state index in [9.17, 15) is 4.79 Å². The Labute approximate surface area is 112 Å². The quantitative estimate of drug-likeness (QED) is 0.795. The smallest absolute Gasteiger partial charge is 0.216 e. The van der Waals surface area contributed by atoms with E-state index in [-0.39, 0.29) is 5.78 Å². The molecule has 1 aromatic heterocycles. The van der Waals surface area contributed by atoms with Crippen molar-refractivity contribution in [3.63, 3.8) is 0 Å². The number of aromatic nitrogens is 2. The van der Waals surface area contributed by atoms with E-state index in [1.54, 1.807) is 13.2 Å². The van der Waals surface area contributed by atoms with Gasteiger partial charge in [-0.15, -0.1) is 0 Å². The SMILES string of the molecule is COc1cc(CC(=O)CCc2ccccc2)ncn1. The Kier molecular flexibility index (Phi) is 4.61. The molecular weight excluding hydrogens is 240 g/mol. The zero-order valence-corrected chi connectivity index (χ0v) is 10.9. The molecule has 0 fully saturated rings. The standard InChI is InChI=1S/C15H16N2O2/c1-19-15-10-13(16-11-17-15)9-14(18)8-7-12-5-3-2-4-6-12/h2-6,10-11H,7-9H2,1H3. The average molecular weight is 256 g/mol. The van der Waals surface area contributed by atoms with Crippen LogP contribution in [0.15, 0.2) is 42.7 Å². The molecule has 0 saturated heterocycles. The molecule has 0 bridgehead atoms. The first-order valence-electron chi connectivity index (χ1n) is 6.18. The van der Waals surface area contributed by atoms with Crippen molar-refractivity contribution in [1.82, 2.24) is 9.97 Å². The molecular formula is C15H16N2O2. The third-order valence-electron chi connectivity index (χ3n) is 2.82. The van der Waals surface area contributed by atoms with Gasteiger partial charge in [-0.2, -0.15) is 0 Å². The van der Waals surface area contributed by atoms with Gasteiger partial charge in [0.2, 0.25) is 5.88 Å². The Morgan fingerprint density at radius 3 is 2.74 bits per heavy atom. The van der Waals surface area contributed by atoms with E-state index in [1.165, 1.54) is 11.9 Å². The molecule has 1 heterocycles. The van der Waals surface area contributed by atoms with Gasteiger partial charge in [-0.05, 0) is 12.0 Å². The van der Waals surface area contributed by atoms with Crippen molar-refractivity contribution >= 4 is 5.78 Å². The summed E-state index contributed by atoms with van der Waals surface area (Å²) in [5, 5.41) is 0. The van der Waals surface area contributed by atoms with Crippen molar-refractivity contribution in [2.75, 3.05) is 7.11 Å². The maximum Gasteiger partial charge on any atom is 0.216 e. The van der Waals surface area contributed by atoms with Gasteiger partial charge in [0, 0.05) is 18.9 Å². The number of ether oxygens (including phenoxy) is 1. The number of Topliss-reactive ketones (excluding diaryl/α,β-unsaturated/α-hetero) is 1. The second-order valence-electron chi connectivity index (χ2n) is 4.25. The molecule has 4 nitrogen and oxygen atoms in total. The van der Waals surface area contributed by atoms with Crippen LogP contribution in [0.2, 0.25) is 0 Å². The lowest BCUT2D eigenvalue weighted by Gasteiger charge is -2.03. The van der Waals surface area contributed by atoms with Crippen LogP contribution >= 0.6 is 0 Å². The van der Waals surface area contributed by atoms with Crippen LogP contribution in [0.25, 0.3) is 0 Å². The van der Waals surface area contributed by atoms with Crippen LogP contribution < -0.4 is 4.74 Å². The Hall–Kier alpha value is -2.23. The van der Waals surface area contributed by atoms with Gasteiger partial charge in [0.05, 0.1) is 12.8 Å². The lowest BCUT2D eigenvalue weighted by molar-refractivity contribution is -0.118. The van der Waals surface area contributed by atoms with Crippen molar-refractivity contribution in [3.05, 3.63) is 54.0 Å². The van der Waals surface area contributed by atoms with Crippen LogP contribution in [0, 0.1) is 0 Å². The van der Waals surface area contributed by atoms with Gasteiger partial charge < -0.3 is 4.74 Å². The molecule has 0 spiro atoms. The highest BCUT2D eigenvalue weighted by atomic mass is 16.5. The van der Waals surface area contributed by atoms with Crippen molar-refractivity contribution in [2.24, 2.45) is 0 Å².